The van der Waals surface area contributed by atoms with Gasteiger partial charge >= 0.3 is 5.97 Å². The van der Waals surface area contributed by atoms with Crippen molar-refractivity contribution in [2.75, 3.05) is 0 Å². The Kier molecular flexibility index (Phi) is 4.53. The van der Waals surface area contributed by atoms with Crippen LogP contribution in [0.4, 0.5) is 0 Å². The molecule has 0 aliphatic carbocycles. The number of carboxylic acids is 1. The molecule has 2 rings (SSSR count). The highest BCUT2D eigenvalue weighted by Gasteiger charge is 2.14. The molecular formula is C15H17ClN2O3. The van der Waals surface area contributed by atoms with Crippen LogP contribution in [0.25, 0.3) is 0 Å². The van der Waals surface area contributed by atoms with Gasteiger partial charge in [0.1, 0.15) is 12.4 Å². The van der Waals surface area contributed by atoms with Gasteiger partial charge in [-0.25, -0.2) is 4.79 Å². The molecule has 2 aromatic rings. The summed E-state index contributed by atoms with van der Waals surface area (Å²) in [5.41, 5.74) is 2.60. The van der Waals surface area contributed by atoms with Gasteiger partial charge in [0.2, 0.25) is 0 Å². The molecular weight excluding hydrogens is 292 g/mol. The summed E-state index contributed by atoms with van der Waals surface area (Å²) in [4.78, 5) is 10.9. The van der Waals surface area contributed by atoms with Crippen LogP contribution in [0.2, 0.25) is 5.02 Å². The molecule has 0 aliphatic heterocycles. The number of carbonyl (C=O) groups is 1. The Morgan fingerprint density at radius 2 is 2.14 bits per heavy atom. The van der Waals surface area contributed by atoms with Crippen LogP contribution in [0.3, 0.4) is 0 Å². The Morgan fingerprint density at radius 1 is 1.43 bits per heavy atom. The third-order valence-corrected chi connectivity index (χ3v) is 3.73. The van der Waals surface area contributed by atoms with E-state index < -0.39 is 5.97 Å². The van der Waals surface area contributed by atoms with Gasteiger partial charge in [0.05, 0.1) is 22.0 Å². The van der Waals surface area contributed by atoms with Crippen molar-refractivity contribution in [1.82, 2.24) is 9.78 Å². The topological polar surface area (TPSA) is 64.4 Å². The number of hydrogen-bond donors (Lipinski definition) is 1. The highest BCUT2D eigenvalue weighted by Crippen LogP contribution is 2.24. The first-order valence-corrected chi connectivity index (χ1v) is 7.00. The van der Waals surface area contributed by atoms with Gasteiger partial charge in [0.15, 0.2) is 0 Å². The summed E-state index contributed by atoms with van der Waals surface area (Å²) in [6, 6.07) is 4.77. The maximum Gasteiger partial charge on any atom is 0.335 e. The molecule has 0 saturated heterocycles. The van der Waals surface area contributed by atoms with E-state index in [4.69, 9.17) is 21.4 Å². The maximum atomic E-state index is 10.9. The summed E-state index contributed by atoms with van der Waals surface area (Å²) >= 11 is 6.22. The van der Waals surface area contributed by atoms with Gasteiger partial charge < -0.3 is 9.84 Å². The monoisotopic (exact) mass is 308 g/mol. The molecule has 1 heterocycles. The quantitative estimate of drug-likeness (QED) is 0.919. The van der Waals surface area contributed by atoms with E-state index in [1.54, 1.807) is 16.8 Å². The van der Waals surface area contributed by atoms with E-state index in [9.17, 15) is 4.79 Å². The molecule has 0 radical (unpaired) electrons. The summed E-state index contributed by atoms with van der Waals surface area (Å²) in [6.45, 7) is 6.65. The van der Waals surface area contributed by atoms with E-state index in [1.807, 2.05) is 20.8 Å². The Balaban J connectivity index is 2.19. The van der Waals surface area contributed by atoms with Crippen molar-refractivity contribution in [3.8, 4) is 5.75 Å². The van der Waals surface area contributed by atoms with Crippen molar-refractivity contribution in [3.05, 3.63) is 45.7 Å². The van der Waals surface area contributed by atoms with Gasteiger partial charge in [0.25, 0.3) is 0 Å². The van der Waals surface area contributed by atoms with Gasteiger partial charge in [-0.15, -0.1) is 0 Å². The number of ether oxygens (including phenoxy) is 1. The fourth-order valence-electron chi connectivity index (χ4n) is 2.10. The maximum absolute atomic E-state index is 10.9. The van der Waals surface area contributed by atoms with Gasteiger partial charge in [-0.2, -0.15) is 5.10 Å². The van der Waals surface area contributed by atoms with E-state index in [0.29, 0.717) is 23.9 Å². The van der Waals surface area contributed by atoms with Gasteiger partial charge in [0, 0.05) is 6.54 Å². The summed E-state index contributed by atoms with van der Waals surface area (Å²) in [5, 5.41) is 13.9. The predicted octanol–water partition coefficient (Wildman–Crippen LogP) is 3.45. The minimum Gasteiger partial charge on any atom is -0.487 e. The Bertz CT molecular complexity index is 680. The molecule has 6 heteroatoms. The summed E-state index contributed by atoms with van der Waals surface area (Å²) in [7, 11) is 0. The average molecular weight is 309 g/mol. The summed E-state index contributed by atoms with van der Waals surface area (Å²) in [6.07, 6.45) is 0. The Labute approximate surface area is 128 Å². The molecule has 0 fully saturated rings. The van der Waals surface area contributed by atoms with Crippen LogP contribution in [-0.2, 0) is 13.2 Å². The molecule has 0 atom stereocenters. The largest absolute Gasteiger partial charge is 0.487 e. The number of benzene rings is 1. The highest BCUT2D eigenvalue weighted by molar-refractivity contribution is 6.31. The lowest BCUT2D eigenvalue weighted by molar-refractivity contribution is 0.0696. The molecule has 0 bridgehead atoms. The lowest BCUT2D eigenvalue weighted by atomic mass is 10.1. The van der Waals surface area contributed by atoms with E-state index >= 15 is 0 Å². The Hall–Kier alpha value is -2.01. The van der Waals surface area contributed by atoms with Crippen LogP contribution in [0.1, 0.15) is 34.2 Å². The molecule has 0 spiro atoms. The number of aryl methyl sites for hydroxylation is 3. The lowest BCUT2D eigenvalue weighted by Crippen LogP contribution is -2.07. The van der Waals surface area contributed by atoms with Crippen molar-refractivity contribution in [2.24, 2.45) is 0 Å². The minimum atomic E-state index is -0.952. The van der Waals surface area contributed by atoms with Gasteiger partial charge in [-0.3, -0.25) is 4.68 Å². The number of hydrogen-bond acceptors (Lipinski definition) is 3. The average Bonchev–Trinajstić information content (AvgIpc) is 2.72. The fraction of sp³-hybridized carbons (Fsp3) is 0.333. The third-order valence-electron chi connectivity index (χ3n) is 3.24. The van der Waals surface area contributed by atoms with Gasteiger partial charge in [-0.1, -0.05) is 11.6 Å². The predicted molar refractivity (Wildman–Crippen MR) is 80.1 cm³/mol. The zero-order valence-electron chi connectivity index (χ0n) is 12.2. The number of aromatic nitrogens is 2. The van der Waals surface area contributed by atoms with Crippen molar-refractivity contribution >= 4 is 17.6 Å². The molecule has 1 N–H and O–H groups in total. The first-order chi connectivity index (χ1) is 9.93. The van der Waals surface area contributed by atoms with Crippen molar-refractivity contribution in [2.45, 2.75) is 33.9 Å². The van der Waals surface area contributed by atoms with Crippen LogP contribution >= 0.6 is 11.6 Å². The third kappa shape index (κ3) is 3.19. The molecule has 0 unspecified atom stereocenters. The van der Waals surface area contributed by atoms with Crippen molar-refractivity contribution in [3.63, 3.8) is 0 Å². The molecule has 0 amide bonds. The van der Waals surface area contributed by atoms with E-state index in [2.05, 4.69) is 5.10 Å². The van der Waals surface area contributed by atoms with Crippen LogP contribution < -0.4 is 4.74 Å². The smallest absolute Gasteiger partial charge is 0.335 e. The Morgan fingerprint density at radius 3 is 2.71 bits per heavy atom. The number of aromatic carboxylic acids is 1. The molecule has 0 aliphatic rings. The molecule has 1 aromatic heterocycles. The second-order valence-electron chi connectivity index (χ2n) is 4.74. The zero-order chi connectivity index (χ0) is 15.6. The molecule has 21 heavy (non-hydrogen) atoms. The number of nitrogens with zero attached hydrogens (tertiary/aromatic N) is 2. The second kappa shape index (κ2) is 6.18. The van der Waals surface area contributed by atoms with Crippen LogP contribution in [0, 0.1) is 13.8 Å². The number of carboxylic acid groups (broad SMARTS) is 1. The second-order valence-corrected chi connectivity index (χ2v) is 5.11. The summed E-state index contributed by atoms with van der Waals surface area (Å²) < 4.78 is 7.56. The van der Waals surface area contributed by atoms with Crippen molar-refractivity contribution < 1.29 is 14.6 Å². The SMILES string of the molecule is CCn1nc(C)c(Cl)c1COc1ccc(C(=O)O)cc1C. The zero-order valence-corrected chi connectivity index (χ0v) is 12.9. The molecule has 0 saturated carbocycles. The van der Waals surface area contributed by atoms with E-state index in [0.717, 1.165) is 17.0 Å². The van der Waals surface area contributed by atoms with E-state index in [-0.39, 0.29) is 5.56 Å². The standard InChI is InChI=1S/C15H17ClN2O3/c1-4-18-12(14(16)10(3)17-18)8-21-13-6-5-11(15(19)20)7-9(13)2/h5-7H,4,8H2,1-3H3,(H,19,20). The number of rotatable bonds is 5. The highest BCUT2D eigenvalue weighted by atomic mass is 35.5. The number of halogens is 1. The molecule has 5 nitrogen and oxygen atoms in total. The fourth-order valence-corrected chi connectivity index (χ4v) is 2.29. The first-order valence-electron chi connectivity index (χ1n) is 6.62. The van der Waals surface area contributed by atoms with Gasteiger partial charge in [-0.05, 0) is 44.5 Å². The molecule has 1 aromatic carbocycles. The van der Waals surface area contributed by atoms with Crippen LogP contribution in [0.5, 0.6) is 5.75 Å². The van der Waals surface area contributed by atoms with Crippen LogP contribution in [0.15, 0.2) is 18.2 Å². The lowest BCUT2D eigenvalue weighted by Gasteiger charge is -2.11. The van der Waals surface area contributed by atoms with E-state index in [1.165, 1.54) is 6.07 Å². The normalized spacial score (nSPS) is 10.7. The summed E-state index contributed by atoms with van der Waals surface area (Å²) in [5.74, 6) is -0.315. The van der Waals surface area contributed by atoms with Crippen molar-refractivity contribution in [1.29, 1.82) is 0 Å². The van der Waals surface area contributed by atoms with Crippen LogP contribution in [-0.4, -0.2) is 20.9 Å². The first kappa shape index (κ1) is 15.4. The minimum absolute atomic E-state index is 0.243. The molecule has 112 valence electrons.